The van der Waals surface area contributed by atoms with Crippen molar-refractivity contribution >= 4 is 34.9 Å². The predicted octanol–water partition coefficient (Wildman–Crippen LogP) is 2.33. The standard InChI is InChI=1S/C19H24FN7S/c1-13-12-14(2)23-17(22-13)24-18(25-19(28)21-3)27-10-8-26(9-11-27)16-6-4-15(20)5-7-16/h4-7,12H,8-11H2,1-3H3,(H2,21,22,23,24,25,28). The Labute approximate surface area is 169 Å². The molecule has 1 aliphatic rings. The Balaban J connectivity index is 1.73. The van der Waals surface area contributed by atoms with Crippen molar-refractivity contribution < 1.29 is 4.39 Å². The second-order valence-electron chi connectivity index (χ2n) is 6.54. The van der Waals surface area contributed by atoms with E-state index in [1.165, 1.54) is 12.1 Å². The molecule has 1 aliphatic heterocycles. The van der Waals surface area contributed by atoms with Crippen LogP contribution in [0.5, 0.6) is 0 Å². The Bertz CT molecular complexity index is 841. The first-order chi connectivity index (χ1) is 13.4. The summed E-state index contributed by atoms with van der Waals surface area (Å²) < 4.78 is 13.2. The van der Waals surface area contributed by atoms with Gasteiger partial charge in [0.15, 0.2) is 5.11 Å². The van der Waals surface area contributed by atoms with Gasteiger partial charge in [-0.25, -0.2) is 14.4 Å². The van der Waals surface area contributed by atoms with E-state index in [2.05, 4.69) is 35.4 Å². The number of thiocarbonyl (C=S) groups is 1. The van der Waals surface area contributed by atoms with Crippen LogP contribution >= 0.6 is 12.2 Å². The van der Waals surface area contributed by atoms with E-state index in [0.717, 1.165) is 43.3 Å². The molecule has 0 saturated carbocycles. The van der Waals surface area contributed by atoms with Gasteiger partial charge < -0.3 is 15.1 Å². The average Bonchev–Trinajstić information content (AvgIpc) is 2.67. The Morgan fingerprint density at radius 3 is 2.25 bits per heavy atom. The van der Waals surface area contributed by atoms with E-state index >= 15 is 0 Å². The number of nitrogens with one attached hydrogen (secondary N) is 2. The highest BCUT2D eigenvalue weighted by Gasteiger charge is 2.21. The molecule has 0 atom stereocenters. The van der Waals surface area contributed by atoms with Crippen LogP contribution in [0.4, 0.5) is 16.0 Å². The molecule has 1 fully saturated rings. The number of hydrogen-bond acceptors (Lipinski definition) is 4. The number of halogens is 1. The van der Waals surface area contributed by atoms with Gasteiger partial charge in [0.2, 0.25) is 11.9 Å². The van der Waals surface area contributed by atoms with Crippen molar-refractivity contribution in [1.29, 1.82) is 0 Å². The molecule has 0 radical (unpaired) electrons. The number of anilines is 2. The van der Waals surface area contributed by atoms with Gasteiger partial charge in [0.25, 0.3) is 0 Å². The molecule has 2 heterocycles. The molecule has 7 nitrogen and oxygen atoms in total. The van der Waals surface area contributed by atoms with E-state index in [0.29, 0.717) is 17.0 Å². The fraction of sp³-hybridized carbons (Fsp3) is 0.368. The molecule has 2 aromatic rings. The number of rotatable bonds is 2. The highest BCUT2D eigenvalue weighted by Crippen LogP contribution is 2.17. The van der Waals surface area contributed by atoms with Crippen LogP contribution in [0, 0.1) is 19.7 Å². The number of benzene rings is 1. The summed E-state index contributed by atoms with van der Waals surface area (Å²) >= 11 is 5.23. The molecule has 1 saturated heterocycles. The first-order valence-electron chi connectivity index (χ1n) is 9.10. The molecule has 9 heteroatoms. The van der Waals surface area contributed by atoms with E-state index in [1.807, 2.05) is 19.9 Å². The van der Waals surface area contributed by atoms with Gasteiger partial charge in [0, 0.05) is 50.3 Å². The highest BCUT2D eigenvalue weighted by atomic mass is 32.1. The summed E-state index contributed by atoms with van der Waals surface area (Å²) in [6.45, 7) is 6.89. The Morgan fingerprint density at radius 2 is 1.68 bits per heavy atom. The van der Waals surface area contributed by atoms with Crippen molar-refractivity contribution in [3.63, 3.8) is 0 Å². The molecule has 0 unspecified atom stereocenters. The second-order valence-corrected chi connectivity index (χ2v) is 6.93. The largest absolute Gasteiger partial charge is 0.368 e. The lowest BCUT2D eigenvalue weighted by atomic mass is 10.2. The molecule has 148 valence electrons. The summed E-state index contributed by atoms with van der Waals surface area (Å²) in [5, 5.41) is 6.47. The maximum Gasteiger partial charge on any atom is 0.229 e. The summed E-state index contributed by atoms with van der Waals surface area (Å²) in [6.07, 6.45) is 0. The van der Waals surface area contributed by atoms with Crippen LogP contribution in [0.15, 0.2) is 35.3 Å². The zero-order valence-corrected chi connectivity index (χ0v) is 17.1. The quantitative estimate of drug-likeness (QED) is 0.455. The molecule has 1 aromatic carbocycles. The number of aryl methyl sites for hydroxylation is 2. The molecule has 2 N–H and O–H groups in total. The first kappa shape index (κ1) is 19.9. The minimum atomic E-state index is -0.227. The van der Waals surface area contributed by atoms with Crippen LogP contribution in [0.2, 0.25) is 0 Å². The summed E-state index contributed by atoms with van der Waals surface area (Å²) in [7, 11) is 1.74. The zero-order valence-electron chi connectivity index (χ0n) is 16.2. The number of piperazine rings is 1. The van der Waals surface area contributed by atoms with Gasteiger partial charge in [0.1, 0.15) is 5.82 Å². The molecule has 3 rings (SSSR count). The van der Waals surface area contributed by atoms with Crippen LogP contribution in [-0.2, 0) is 0 Å². The van der Waals surface area contributed by atoms with Crippen LogP contribution in [0.1, 0.15) is 11.4 Å². The third kappa shape index (κ3) is 5.13. The van der Waals surface area contributed by atoms with E-state index in [9.17, 15) is 4.39 Å². The summed E-state index contributed by atoms with van der Waals surface area (Å²) in [5.41, 5.74) is 2.77. The smallest absolute Gasteiger partial charge is 0.229 e. The van der Waals surface area contributed by atoms with Gasteiger partial charge in [-0.1, -0.05) is 0 Å². The topological polar surface area (TPSA) is 68.7 Å². The lowest BCUT2D eigenvalue weighted by molar-refractivity contribution is 0.385. The van der Waals surface area contributed by atoms with Crippen LogP contribution in [-0.4, -0.2) is 59.2 Å². The van der Waals surface area contributed by atoms with Crippen molar-refractivity contribution in [2.24, 2.45) is 4.99 Å². The van der Waals surface area contributed by atoms with Gasteiger partial charge in [0.05, 0.1) is 0 Å². The number of aromatic nitrogens is 2. The van der Waals surface area contributed by atoms with Crippen molar-refractivity contribution in [3.8, 4) is 0 Å². The summed E-state index contributed by atoms with van der Waals surface area (Å²) in [6, 6.07) is 8.50. The Hall–Kier alpha value is -2.81. The highest BCUT2D eigenvalue weighted by molar-refractivity contribution is 7.80. The fourth-order valence-electron chi connectivity index (χ4n) is 3.04. The van der Waals surface area contributed by atoms with Crippen molar-refractivity contribution in [1.82, 2.24) is 20.2 Å². The first-order valence-corrected chi connectivity index (χ1v) is 9.50. The number of guanidine groups is 1. The van der Waals surface area contributed by atoms with Crippen molar-refractivity contribution in [2.45, 2.75) is 13.8 Å². The van der Waals surface area contributed by atoms with Gasteiger partial charge in [-0.05, 0) is 56.4 Å². The number of hydrogen-bond donors (Lipinski definition) is 2. The number of aliphatic imine (C=N–C) groups is 1. The van der Waals surface area contributed by atoms with E-state index in [4.69, 9.17) is 12.2 Å². The molecule has 0 amide bonds. The molecule has 0 spiro atoms. The van der Waals surface area contributed by atoms with Gasteiger partial charge in [-0.15, -0.1) is 0 Å². The normalized spacial score (nSPS) is 14.8. The van der Waals surface area contributed by atoms with Gasteiger partial charge >= 0.3 is 0 Å². The van der Waals surface area contributed by atoms with Crippen molar-refractivity contribution in [2.75, 3.05) is 43.4 Å². The molecular weight excluding hydrogens is 377 g/mol. The third-order valence-electron chi connectivity index (χ3n) is 4.40. The average molecular weight is 402 g/mol. The van der Waals surface area contributed by atoms with E-state index in [-0.39, 0.29) is 5.82 Å². The zero-order chi connectivity index (χ0) is 20.1. The van der Waals surface area contributed by atoms with E-state index in [1.54, 1.807) is 19.2 Å². The molecule has 0 aliphatic carbocycles. The molecule has 28 heavy (non-hydrogen) atoms. The lowest BCUT2D eigenvalue weighted by Gasteiger charge is -2.37. The third-order valence-corrected chi connectivity index (χ3v) is 4.69. The Kier molecular flexibility index (Phi) is 6.35. The molecular formula is C19H24FN7S. The summed E-state index contributed by atoms with van der Waals surface area (Å²) in [4.78, 5) is 17.7. The predicted molar refractivity (Wildman–Crippen MR) is 114 cm³/mol. The molecule has 0 bridgehead atoms. The van der Waals surface area contributed by atoms with E-state index < -0.39 is 0 Å². The second kappa shape index (κ2) is 8.92. The van der Waals surface area contributed by atoms with Crippen LogP contribution in [0.3, 0.4) is 0 Å². The van der Waals surface area contributed by atoms with Crippen LogP contribution in [0.25, 0.3) is 0 Å². The monoisotopic (exact) mass is 401 g/mol. The van der Waals surface area contributed by atoms with Crippen molar-refractivity contribution in [3.05, 3.63) is 47.5 Å². The minimum absolute atomic E-state index is 0.227. The SMILES string of the molecule is CNC(=S)/N=C(/Nc1nc(C)cc(C)n1)N1CCN(c2ccc(F)cc2)CC1. The Morgan fingerprint density at radius 1 is 1.07 bits per heavy atom. The van der Waals surface area contributed by atoms with Crippen LogP contribution < -0.4 is 15.5 Å². The minimum Gasteiger partial charge on any atom is -0.368 e. The number of nitrogens with zero attached hydrogens (tertiary/aromatic N) is 5. The maximum atomic E-state index is 13.2. The lowest BCUT2D eigenvalue weighted by Crippen LogP contribution is -2.51. The fourth-order valence-corrected chi connectivity index (χ4v) is 3.13. The van der Waals surface area contributed by atoms with Gasteiger partial charge in [-0.3, -0.25) is 5.32 Å². The maximum absolute atomic E-state index is 13.2. The molecule has 1 aromatic heterocycles. The van der Waals surface area contributed by atoms with Gasteiger partial charge in [-0.2, -0.15) is 4.99 Å². The summed E-state index contributed by atoms with van der Waals surface area (Å²) in [5.74, 6) is 0.884.